The Morgan fingerprint density at radius 2 is 1.60 bits per heavy atom. The predicted octanol–water partition coefficient (Wildman–Crippen LogP) is 4.86. The van der Waals surface area contributed by atoms with Crippen LogP contribution in [0.2, 0.25) is 10.0 Å². The number of hydrogen-bond acceptors (Lipinski definition) is 2. The standard InChI is InChI=1S/C20H23Cl2NO2/c1-3-25-13-20(24)23-14(2)19(16-6-10-18(22)11-7-16)12-15-4-8-17(21)9-5-15/h4-11,14,19H,3,12-13H2,1-2H3,(H,23,24)/t14-,19+/m1/s1. The molecule has 2 rings (SSSR count). The molecule has 2 aromatic rings. The van der Waals surface area contributed by atoms with Gasteiger partial charge in [-0.25, -0.2) is 0 Å². The van der Waals surface area contributed by atoms with Crippen LogP contribution in [0.25, 0.3) is 0 Å². The number of rotatable bonds is 8. The minimum atomic E-state index is -0.107. The molecule has 25 heavy (non-hydrogen) atoms. The van der Waals surface area contributed by atoms with E-state index in [1.54, 1.807) is 0 Å². The number of carbonyl (C=O) groups is 1. The minimum absolute atomic E-state index is 0.0511. The van der Waals surface area contributed by atoms with E-state index in [1.165, 1.54) is 0 Å². The lowest BCUT2D eigenvalue weighted by Crippen LogP contribution is -2.39. The Balaban J connectivity index is 2.17. The highest BCUT2D eigenvalue weighted by Crippen LogP contribution is 2.26. The fourth-order valence-corrected chi connectivity index (χ4v) is 3.01. The smallest absolute Gasteiger partial charge is 0.246 e. The summed E-state index contributed by atoms with van der Waals surface area (Å²) < 4.78 is 5.18. The number of ether oxygens (including phenoxy) is 1. The highest BCUT2D eigenvalue weighted by Gasteiger charge is 2.21. The van der Waals surface area contributed by atoms with Crippen molar-refractivity contribution >= 4 is 29.1 Å². The third-order valence-corrected chi connectivity index (χ3v) is 4.60. The van der Waals surface area contributed by atoms with E-state index in [-0.39, 0.29) is 24.5 Å². The molecule has 1 N–H and O–H groups in total. The van der Waals surface area contributed by atoms with Crippen molar-refractivity contribution in [1.82, 2.24) is 5.32 Å². The van der Waals surface area contributed by atoms with Crippen molar-refractivity contribution in [2.24, 2.45) is 0 Å². The van der Waals surface area contributed by atoms with Crippen LogP contribution < -0.4 is 5.32 Å². The molecule has 0 heterocycles. The molecular weight excluding hydrogens is 357 g/mol. The van der Waals surface area contributed by atoms with E-state index in [1.807, 2.05) is 62.4 Å². The van der Waals surface area contributed by atoms with Gasteiger partial charge in [0.1, 0.15) is 6.61 Å². The summed E-state index contributed by atoms with van der Waals surface area (Å²) in [6.45, 7) is 4.48. The largest absolute Gasteiger partial charge is 0.372 e. The zero-order valence-corrected chi connectivity index (χ0v) is 16.0. The van der Waals surface area contributed by atoms with E-state index >= 15 is 0 Å². The normalized spacial score (nSPS) is 13.3. The van der Waals surface area contributed by atoms with Gasteiger partial charge in [-0.3, -0.25) is 4.79 Å². The number of amides is 1. The fraction of sp³-hybridized carbons (Fsp3) is 0.350. The number of hydrogen-bond donors (Lipinski definition) is 1. The van der Waals surface area contributed by atoms with Crippen LogP contribution in [0.15, 0.2) is 48.5 Å². The van der Waals surface area contributed by atoms with Crippen molar-refractivity contribution in [3.63, 3.8) is 0 Å². The second kappa shape index (κ2) is 9.81. The van der Waals surface area contributed by atoms with Gasteiger partial charge in [0.2, 0.25) is 5.91 Å². The highest BCUT2D eigenvalue weighted by atomic mass is 35.5. The Hall–Kier alpha value is -1.55. The third-order valence-electron chi connectivity index (χ3n) is 4.10. The van der Waals surface area contributed by atoms with Crippen LogP contribution in [0.3, 0.4) is 0 Å². The molecule has 5 heteroatoms. The average molecular weight is 380 g/mol. The van der Waals surface area contributed by atoms with Gasteiger partial charge in [-0.15, -0.1) is 0 Å². The third kappa shape index (κ3) is 6.35. The Bertz CT molecular complexity index is 671. The lowest BCUT2D eigenvalue weighted by atomic mass is 9.86. The molecule has 3 nitrogen and oxygen atoms in total. The lowest BCUT2D eigenvalue weighted by Gasteiger charge is -2.26. The number of carbonyl (C=O) groups excluding carboxylic acids is 1. The second-order valence-electron chi connectivity index (χ2n) is 5.98. The summed E-state index contributed by atoms with van der Waals surface area (Å²) in [6.07, 6.45) is 0.787. The van der Waals surface area contributed by atoms with Crippen molar-refractivity contribution < 1.29 is 9.53 Å². The molecule has 0 aromatic heterocycles. The molecule has 1 amide bonds. The van der Waals surface area contributed by atoms with Gasteiger partial charge < -0.3 is 10.1 Å². The van der Waals surface area contributed by atoms with Crippen LogP contribution in [0.4, 0.5) is 0 Å². The molecule has 0 saturated carbocycles. The Morgan fingerprint density at radius 3 is 2.16 bits per heavy atom. The number of benzene rings is 2. The number of halogens is 2. The first-order valence-corrected chi connectivity index (χ1v) is 9.12. The molecule has 134 valence electrons. The van der Waals surface area contributed by atoms with Gasteiger partial charge in [-0.1, -0.05) is 47.5 Å². The molecule has 0 bridgehead atoms. The van der Waals surface area contributed by atoms with E-state index < -0.39 is 0 Å². The van der Waals surface area contributed by atoms with Gasteiger partial charge in [0.15, 0.2) is 0 Å². The maximum atomic E-state index is 12.0. The molecule has 0 radical (unpaired) electrons. The Morgan fingerprint density at radius 1 is 1.04 bits per heavy atom. The van der Waals surface area contributed by atoms with Crippen molar-refractivity contribution in [1.29, 1.82) is 0 Å². The van der Waals surface area contributed by atoms with Gasteiger partial charge in [-0.05, 0) is 55.7 Å². The van der Waals surface area contributed by atoms with Gasteiger partial charge in [0, 0.05) is 28.6 Å². The molecule has 2 atom stereocenters. The summed E-state index contributed by atoms with van der Waals surface area (Å²) in [5.41, 5.74) is 2.29. The first kappa shape index (κ1) is 19.8. The van der Waals surface area contributed by atoms with Crippen LogP contribution in [-0.2, 0) is 16.0 Å². The summed E-state index contributed by atoms with van der Waals surface area (Å²) in [6, 6.07) is 15.5. The maximum absolute atomic E-state index is 12.0. The summed E-state index contributed by atoms with van der Waals surface area (Å²) in [7, 11) is 0. The highest BCUT2D eigenvalue weighted by molar-refractivity contribution is 6.30. The molecule has 0 aliphatic rings. The first-order valence-electron chi connectivity index (χ1n) is 8.36. The SMILES string of the molecule is CCOCC(=O)N[C@H](C)[C@H](Cc1ccc(Cl)cc1)c1ccc(Cl)cc1. The summed E-state index contributed by atoms with van der Waals surface area (Å²) >= 11 is 12.0. The van der Waals surface area contributed by atoms with E-state index in [0.717, 1.165) is 17.5 Å². The van der Waals surface area contributed by atoms with Crippen LogP contribution in [0, 0.1) is 0 Å². The Kier molecular flexibility index (Phi) is 7.76. The van der Waals surface area contributed by atoms with Crippen LogP contribution in [0.5, 0.6) is 0 Å². The zero-order valence-electron chi connectivity index (χ0n) is 14.5. The van der Waals surface area contributed by atoms with E-state index in [0.29, 0.717) is 16.7 Å². The Labute approximate surface area is 159 Å². The number of nitrogens with one attached hydrogen (secondary N) is 1. The van der Waals surface area contributed by atoms with Crippen LogP contribution in [0.1, 0.15) is 30.9 Å². The molecule has 0 spiro atoms. The molecule has 0 saturated heterocycles. The monoisotopic (exact) mass is 379 g/mol. The van der Waals surface area contributed by atoms with Crippen molar-refractivity contribution in [3.05, 3.63) is 69.7 Å². The average Bonchev–Trinajstić information content (AvgIpc) is 2.60. The summed E-state index contributed by atoms with van der Waals surface area (Å²) in [4.78, 5) is 12.0. The van der Waals surface area contributed by atoms with E-state index in [9.17, 15) is 4.79 Å². The van der Waals surface area contributed by atoms with Gasteiger partial charge >= 0.3 is 0 Å². The van der Waals surface area contributed by atoms with Crippen LogP contribution >= 0.6 is 23.2 Å². The van der Waals surface area contributed by atoms with Gasteiger partial charge in [0.05, 0.1) is 0 Å². The van der Waals surface area contributed by atoms with Crippen molar-refractivity contribution in [3.8, 4) is 0 Å². The minimum Gasteiger partial charge on any atom is -0.372 e. The molecule has 0 fully saturated rings. The van der Waals surface area contributed by atoms with E-state index in [4.69, 9.17) is 27.9 Å². The zero-order chi connectivity index (χ0) is 18.2. The molecule has 0 aliphatic carbocycles. The molecular formula is C20H23Cl2NO2. The maximum Gasteiger partial charge on any atom is 0.246 e. The summed E-state index contributed by atoms with van der Waals surface area (Å²) in [5.74, 6) is 0.00781. The molecule has 0 unspecified atom stereocenters. The quantitative estimate of drug-likeness (QED) is 0.710. The topological polar surface area (TPSA) is 38.3 Å². The van der Waals surface area contributed by atoms with Crippen LogP contribution in [-0.4, -0.2) is 25.2 Å². The molecule has 2 aromatic carbocycles. The lowest BCUT2D eigenvalue weighted by molar-refractivity contribution is -0.126. The van der Waals surface area contributed by atoms with Gasteiger partial charge in [0.25, 0.3) is 0 Å². The van der Waals surface area contributed by atoms with E-state index in [2.05, 4.69) is 5.32 Å². The fourth-order valence-electron chi connectivity index (χ4n) is 2.76. The second-order valence-corrected chi connectivity index (χ2v) is 6.85. The predicted molar refractivity (Wildman–Crippen MR) is 103 cm³/mol. The van der Waals surface area contributed by atoms with Gasteiger partial charge in [-0.2, -0.15) is 0 Å². The molecule has 0 aliphatic heterocycles. The first-order chi connectivity index (χ1) is 12.0. The van der Waals surface area contributed by atoms with Crippen molar-refractivity contribution in [2.45, 2.75) is 32.2 Å². The summed E-state index contributed by atoms with van der Waals surface area (Å²) in [5, 5.41) is 4.45. The van der Waals surface area contributed by atoms with Crippen molar-refractivity contribution in [2.75, 3.05) is 13.2 Å².